The third kappa shape index (κ3) is 3.92. The second-order valence-electron chi connectivity index (χ2n) is 17.0. The van der Waals surface area contributed by atoms with Crippen molar-refractivity contribution in [2.45, 2.75) is 125 Å². The fraction of sp³-hybridized carbons (Fsp3) is 0.917. The Bertz CT molecular complexity index is 1030. The fourth-order valence-corrected chi connectivity index (χ4v) is 12.4. The van der Waals surface area contributed by atoms with Gasteiger partial charge in [0.2, 0.25) is 5.91 Å². The summed E-state index contributed by atoms with van der Waals surface area (Å²) in [6.45, 7) is 21.7. The zero-order valence-corrected chi connectivity index (χ0v) is 27.0. The predicted molar refractivity (Wildman–Crippen MR) is 164 cm³/mol. The fourth-order valence-electron chi connectivity index (χ4n) is 12.4. The summed E-state index contributed by atoms with van der Waals surface area (Å²) in [5.74, 6) is 3.17. The molecular formula is C36H60N2O2. The topological polar surface area (TPSA) is 52.6 Å². The van der Waals surface area contributed by atoms with Crippen LogP contribution < -0.4 is 5.32 Å². The summed E-state index contributed by atoms with van der Waals surface area (Å²) in [5, 5.41) is 14.5. The van der Waals surface area contributed by atoms with Crippen LogP contribution >= 0.6 is 0 Å². The standard InChI is InChI=1S/C36H60N2O2/c1-24-12-17-36(31(40)37-20-23-38-21-8-9-22-38)19-18-34(6)26(30(36)25(24)2)10-11-28-33(5)15-14-29(39)32(3,4)27(33)13-16-35(28,34)7/h10,24-25,27-30,39H,8-9,11-23H2,1-7H3,(H,37,40)/t24-,25+,27+,28-,29+,30+,33+,34-,35-,36+/m1/s1. The summed E-state index contributed by atoms with van der Waals surface area (Å²) in [5.41, 5.74) is 2.10. The van der Waals surface area contributed by atoms with Crippen LogP contribution in [0.2, 0.25) is 0 Å². The van der Waals surface area contributed by atoms with E-state index < -0.39 is 0 Å². The van der Waals surface area contributed by atoms with E-state index in [0.29, 0.717) is 35.5 Å². The van der Waals surface area contributed by atoms with Crippen molar-refractivity contribution < 1.29 is 9.90 Å². The van der Waals surface area contributed by atoms with Crippen molar-refractivity contribution in [3.63, 3.8) is 0 Å². The number of amides is 1. The summed E-state index contributed by atoms with van der Waals surface area (Å²) in [6, 6.07) is 0. The number of aliphatic hydroxyl groups excluding tert-OH is 1. The minimum Gasteiger partial charge on any atom is -0.393 e. The highest BCUT2D eigenvalue weighted by atomic mass is 16.3. The minimum atomic E-state index is -0.233. The van der Waals surface area contributed by atoms with Gasteiger partial charge in [0.1, 0.15) is 0 Å². The molecule has 0 aromatic rings. The average Bonchev–Trinajstić information content (AvgIpc) is 3.42. The highest BCUT2D eigenvalue weighted by Gasteiger charge is 2.69. The van der Waals surface area contributed by atoms with Gasteiger partial charge in [-0.05, 0) is 135 Å². The van der Waals surface area contributed by atoms with E-state index in [1.54, 1.807) is 5.57 Å². The van der Waals surface area contributed by atoms with Gasteiger partial charge in [0, 0.05) is 13.1 Å². The molecule has 10 atom stereocenters. The van der Waals surface area contributed by atoms with Crippen molar-refractivity contribution in [2.75, 3.05) is 26.2 Å². The molecule has 226 valence electrons. The van der Waals surface area contributed by atoms with Gasteiger partial charge in [0.15, 0.2) is 0 Å². The molecule has 4 heteroatoms. The molecule has 40 heavy (non-hydrogen) atoms. The van der Waals surface area contributed by atoms with Crippen molar-refractivity contribution in [1.29, 1.82) is 0 Å². The first kappa shape index (κ1) is 29.2. The van der Waals surface area contributed by atoms with Gasteiger partial charge < -0.3 is 15.3 Å². The Labute approximate surface area is 245 Å². The molecule has 2 N–H and O–H groups in total. The SMILES string of the molecule is C[C@H]1[C@H](C)CC[C@]2(C(=O)NCCN3CCCC3)CC[C@]3(C)C(=CC[C@@H]4[C@@]5(C)CC[C@H](O)C(C)(C)[C@@H]5CC[C@]43C)[C@H]12. The van der Waals surface area contributed by atoms with Crippen LogP contribution in [0, 0.1) is 56.7 Å². The summed E-state index contributed by atoms with van der Waals surface area (Å²) in [6.07, 6.45) is 15.3. The highest BCUT2D eigenvalue weighted by molar-refractivity contribution is 5.84. The number of carbonyl (C=O) groups is 1. The monoisotopic (exact) mass is 552 g/mol. The lowest BCUT2D eigenvalue weighted by Gasteiger charge is -2.71. The molecule has 5 fully saturated rings. The number of nitrogens with zero attached hydrogens (tertiary/aromatic N) is 1. The minimum absolute atomic E-state index is 0.0125. The van der Waals surface area contributed by atoms with Gasteiger partial charge in [-0.2, -0.15) is 0 Å². The third-order valence-corrected chi connectivity index (χ3v) is 15.3. The van der Waals surface area contributed by atoms with E-state index in [2.05, 4.69) is 64.8 Å². The molecule has 4 saturated carbocycles. The van der Waals surface area contributed by atoms with Crippen LogP contribution in [0.25, 0.3) is 0 Å². The van der Waals surface area contributed by atoms with Gasteiger partial charge in [-0.15, -0.1) is 0 Å². The quantitative estimate of drug-likeness (QED) is 0.362. The van der Waals surface area contributed by atoms with E-state index in [0.717, 1.165) is 51.6 Å². The summed E-state index contributed by atoms with van der Waals surface area (Å²) in [7, 11) is 0. The number of carbonyl (C=O) groups excluding carboxylic acids is 1. The van der Waals surface area contributed by atoms with E-state index in [9.17, 15) is 9.90 Å². The summed E-state index contributed by atoms with van der Waals surface area (Å²) < 4.78 is 0. The van der Waals surface area contributed by atoms with Crippen molar-refractivity contribution in [3.8, 4) is 0 Å². The predicted octanol–water partition coefficient (Wildman–Crippen LogP) is 7.22. The highest BCUT2D eigenvalue weighted by Crippen LogP contribution is 2.75. The Morgan fingerprint density at radius 1 is 0.950 bits per heavy atom. The molecule has 5 aliphatic carbocycles. The lowest BCUT2D eigenvalue weighted by Crippen LogP contribution is -2.66. The van der Waals surface area contributed by atoms with Crippen molar-refractivity contribution >= 4 is 5.91 Å². The van der Waals surface area contributed by atoms with Crippen LogP contribution in [-0.2, 0) is 4.79 Å². The van der Waals surface area contributed by atoms with Gasteiger partial charge in [0.25, 0.3) is 0 Å². The Morgan fingerprint density at radius 3 is 2.40 bits per heavy atom. The molecule has 0 radical (unpaired) electrons. The maximum atomic E-state index is 14.3. The number of aliphatic hydroxyl groups is 1. The van der Waals surface area contributed by atoms with Crippen LogP contribution in [-0.4, -0.2) is 48.2 Å². The molecule has 0 aromatic carbocycles. The number of hydrogen-bond acceptors (Lipinski definition) is 3. The molecule has 1 saturated heterocycles. The maximum Gasteiger partial charge on any atom is 0.226 e. The third-order valence-electron chi connectivity index (χ3n) is 15.3. The molecule has 6 aliphatic rings. The number of allylic oxidation sites excluding steroid dienone is 2. The lowest BCUT2D eigenvalue weighted by atomic mass is 9.33. The normalized spacial score (nSPS) is 50.1. The average molecular weight is 553 g/mol. The molecule has 1 aliphatic heterocycles. The first-order chi connectivity index (χ1) is 18.8. The second kappa shape index (κ2) is 9.83. The summed E-state index contributed by atoms with van der Waals surface area (Å²) >= 11 is 0. The maximum absolute atomic E-state index is 14.3. The molecule has 0 spiro atoms. The largest absolute Gasteiger partial charge is 0.393 e. The zero-order valence-electron chi connectivity index (χ0n) is 27.0. The molecule has 1 amide bonds. The van der Waals surface area contributed by atoms with Gasteiger partial charge in [-0.1, -0.05) is 60.1 Å². The summed E-state index contributed by atoms with van der Waals surface area (Å²) in [4.78, 5) is 16.8. The first-order valence-electron chi connectivity index (χ1n) is 17.2. The Hall–Kier alpha value is -0.870. The van der Waals surface area contributed by atoms with Gasteiger partial charge in [-0.3, -0.25) is 4.79 Å². The molecule has 0 unspecified atom stereocenters. The smallest absolute Gasteiger partial charge is 0.226 e. The van der Waals surface area contributed by atoms with Crippen LogP contribution in [0.5, 0.6) is 0 Å². The number of hydrogen-bond donors (Lipinski definition) is 2. The molecule has 0 aromatic heterocycles. The number of fused-ring (bicyclic) bond motifs is 7. The van der Waals surface area contributed by atoms with Crippen molar-refractivity contribution in [2.24, 2.45) is 56.7 Å². The van der Waals surface area contributed by atoms with Gasteiger partial charge in [-0.25, -0.2) is 0 Å². The van der Waals surface area contributed by atoms with E-state index in [-0.39, 0.29) is 33.2 Å². The van der Waals surface area contributed by atoms with Crippen LogP contribution in [0.4, 0.5) is 0 Å². The molecule has 0 bridgehead atoms. The molecule has 1 heterocycles. The Balaban J connectivity index is 1.33. The van der Waals surface area contributed by atoms with Crippen molar-refractivity contribution in [3.05, 3.63) is 11.6 Å². The number of rotatable bonds is 4. The zero-order chi connectivity index (χ0) is 28.7. The van der Waals surface area contributed by atoms with Crippen LogP contribution in [0.1, 0.15) is 119 Å². The van der Waals surface area contributed by atoms with Gasteiger partial charge >= 0.3 is 0 Å². The van der Waals surface area contributed by atoms with E-state index in [1.165, 1.54) is 45.2 Å². The lowest BCUT2D eigenvalue weighted by molar-refractivity contribution is -0.204. The van der Waals surface area contributed by atoms with E-state index in [1.807, 2.05) is 0 Å². The Morgan fingerprint density at radius 2 is 1.68 bits per heavy atom. The van der Waals surface area contributed by atoms with Crippen molar-refractivity contribution in [1.82, 2.24) is 10.2 Å². The van der Waals surface area contributed by atoms with Gasteiger partial charge in [0.05, 0.1) is 11.5 Å². The first-order valence-corrected chi connectivity index (χ1v) is 17.2. The van der Waals surface area contributed by atoms with E-state index in [4.69, 9.17) is 0 Å². The molecule has 4 nitrogen and oxygen atoms in total. The second-order valence-corrected chi connectivity index (χ2v) is 17.0. The van der Waals surface area contributed by atoms with E-state index >= 15 is 0 Å². The Kier molecular flexibility index (Phi) is 7.18. The number of likely N-dealkylation sites (tertiary alicyclic amines) is 1. The van der Waals surface area contributed by atoms with Crippen LogP contribution in [0.15, 0.2) is 11.6 Å². The molecule has 6 rings (SSSR count). The number of nitrogens with one attached hydrogen (secondary N) is 1. The van der Waals surface area contributed by atoms with Crippen LogP contribution in [0.3, 0.4) is 0 Å². The molecular weight excluding hydrogens is 492 g/mol.